The fourth-order valence-electron chi connectivity index (χ4n) is 1.47. The Balaban J connectivity index is 2.53. The zero-order chi connectivity index (χ0) is 14.1. The summed E-state index contributed by atoms with van der Waals surface area (Å²) in [5.41, 5.74) is 6.70. The normalized spacial score (nSPS) is 11.4. The smallest absolute Gasteiger partial charge is 0.338 e. The molecule has 0 bridgehead atoms. The van der Waals surface area contributed by atoms with E-state index >= 15 is 0 Å². The lowest BCUT2D eigenvalue weighted by Crippen LogP contribution is -2.12. The van der Waals surface area contributed by atoms with Gasteiger partial charge in [0.05, 0.1) is 23.7 Å². The van der Waals surface area contributed by atoms with Crippen LogP contribution in [0.1, 0.15) is 36.5 Å². The molecule has 0 atom stereocenters. The first-order chi connectivity index (χ1) is 9.17. The Morgan fingerprint density at radius 3 is 2.58 bits per heavy atom. The van der Waals surface area contributed by atoms with Gasteiger partial charge in [0, 0.05) is 0 Å². The maximum atomic E-state index is 11.7. The number of halogens is 1. The molecule has 0 saturated carbocycles. The minimum absolute atomic E-state index is 0.182. The second-order valence-corrected chi connectivity index (χ2v) is 4.39. The number of hydrogen-bond acceptors (Lipinski definition) is 3. The third-order valence-corrected chi connectivity index (χ3v) is 2.77. The standard InChI is InChI=1S/C14H19ClN2O2/c1-2-3-4-9-19-14(18)11-5-7-12(8-6-11)17-13(16)10-15/h5-8H,2-4,9-10H2,1H3,(H2,16,17). The van der Waals surface area contributed by atoms with Crippen molar-refractivity contribution in [2.24, 2.45) is 10.7 Å². The van der Waals surface area contributed by atoms with Crippen LogP contribution < -0.4 is 5.73 Å². The molecule has 5 heteroatoms. The molecule has 104 valence electrons. The number of nitrogens with two attached hydrogens (primary N) is 1. The van der Waals surface area contributed by atoms with E-state index in [-0.39, 0.29) is 11.8 Å². The summed E-state index contributed by atoms with van der Waals surface area (Å²) in [6.45, 7) is 2.57. The lowest BCUT2D eigenvalue weighted by molar-refractivity contribution is 0.0498. The summed E-state index contributed by atoms with van der Waals surface area (Å²) in [4.78, 5) is 15.8. The van der Waals surface area contributed by atoms with Crippen molar-refractivity contribution >= 4 is 29.1 Å². The van der Waals surface area contributed by atoms with Gasteiger partial charge in [0.2, 0.25) is 0 Å². The van der Waals surface area contributed by atoms with E-state index in [9.17, 15) is 4.79 Å². The first kappa shape index (κ1) is 15.5. The first-order valence-electron chi connectivity index (χ1n) is 6.33. The Morgan fingerprint density at radius 2 is 2.00 bits per heavy atom. The Morgan fingerprint density at radius 1 is 1.32 bits per heavy atom. The van der Waals surface area contributed by atoms with Crippen molar-refractivity contribution in [3.63, 3.8) is 0 Å². The number of amidine groups is 1. The lowest BCUT2D eigenvalue weighted by atomic mass is 10.2. The molecule has 19 heavy (non-hydrogen) atoms. The Kier molecular flexibility index (Phi) is 6.97. The maximum absolute atomic E-state index is 11.7. The van der Waals surface area contributed by atoms with Gasteiger partial charge in [0.25, 0.3) is 0 Å². The number of carbonyl (C=O) groups excluding carboxylic acids is 1. The van der Waals surface area contributed by atoms with Crippen LogP contribution in [0.2, 0.25) is 0 Å². The van der Waals surface area contributed by atoms with E-state index in [1.165, 1.54) is 0 Å². The van der Waals surface area contributed by atoms with Gasteiger partial charge in [-0.1, -0.05) is 19.8 Å². The summed E-state index contributed by atoms with van der Waals surface area (Å²) < 4.78 is 5.15. The molecule has 0 aromatic heterocycles. The summed E-state index contributed by atoms with van der Waals surface area (Å²) in [5.74, 6) is 0.217. The third-order valence-electron chi connectivity index (χ3n) is 2.49. The number of hydrogen-bond donors (Lipinski definition) is 1. The highest BCUT2D eigenvalue weighted by Gasteiger charge is 2.06. The largest absolute Gasteiger partial charge is 0.462 e. The van der Waals surface area contributed by atoms with Crippen LogP contribution in [0.3, 0.4) is 0 Å². The van der Waals surface area contributed by atoms with Crippen LogP contribution >= 0.6 is 11.6 Å². The molecule has 0 unspecified atom stereocenters. The van der Waals surface area contributed by atoms with Crippen molar-refractivity contribution in [2.45, 2.75) is 26.2 Å². The molecule has 0 fully saturated rings. The van der Waals surface area contributed by atoms with E-state index in [4.69, 9.17) is 22.1 Å². The average Bonchev–Trinajstić information content (AvgIpc) is 2.44. The number of carbonyl (C=O) groups is 1. The zero-order valence-corrected chi connectivity index (χ0v) is 11.8. The quantitative estimate of drug-likeness (QED) is 0.274. The number of aliphatic imine (C=N–C) groups is 1. The first-order valence-corrected chi connectivity index (χ1v) is 6.87. The van der Waals surface area contributed by atoms with Crippen LogP contribution in [0.4, 0.5) is 5.69 Å². The van der Waals surface area contributed by atoms with Gasteiger partial charge in [0.15, 0.2) is 0 Å². The van der Waals surface area contributed by atoms with Crippen molar-refractivity contribution in [3.05, 3.63) is 29.8 Å². The summed E-state index contributed by atoms with van der Waals surface area (Å²) in [6.07, 6.45) is 3.07. The second-order valence-electron chi connectivity index (χ2n) is 4.13. The van der Waals surface area contributed by atoms with E-state index in [1.54, 1.807) is 24.3 Å². The minimum atomic E-state index is -0.308. The number of unbranched alkanes of at least 4 members (excludes halogenated alkanes) is 2. The Hall–Kier alpha value is -1.55. The summed E-state index contributed by atoms with van der Waals surface area (Å²) in [7, 11) is 0. The van der Waals surface area contributed by atoms with Crippen LogP contribution in [0.5, 0.6) is 0 Å². The summed E-state index contributed by atoms with van der Waals surface area (Å²) in [5, 5.41) is 0. The van der Waals surface area contributed by atoms with Crippen molar-refractivity contribution in [3.8, 4) is 0 Å². The van der Waals surface area contributed by atoms with Crippen molar-refractivity contribution < 1.29 is 9.53 Å². The molecule has 0 aliphatic rings. The number of benzene rings is 1. The molecule has 0 aliphatic carbocycles. The number of alkyl halides is 1. The predicted octanol–water partition coefficient (Wildman–Crippen LogP) is 3.26. The topological polar surface area (TPSA) is 64.7 Å². The molecule has 0 spiro atoms. The number of nitrogens with zero attached hydrogens (tertiary/aromatic N) is 1. The fraction of sp³-hybridized carbons (Fsp3) is 0.429. The molecule has 0 heterocycles. The molecule has 0 aliphatic heterocycles. The SMILES string of the molecule is CCCCCOC(=O)c1ccc(N=C(N)CCl)cc1. The summed E-state index contributed by atoms with van der Waals surface area (Å²) in [6, 6.07) is 6.76. The average molecular weight is 283 g/mol. The monoisotopic (exact) mass is 282 g/mol. The Labute approximate surface area is 118 Å². The molecular weight excluding hydrogens is 264 g/mol. The van der Waals surface area contributed by atoms with Crippen LogP contribution in [-0.4, -0.2) is 24.3 Å². The molecule has 2 N–H and O–H groups in total. The third kappa shape index (κ3) is 5.75. The molecule has 0 radical (unpaired) electrons. The summed E-state index contributed by atoms with van der Waals surface area (Å²) >= 11 is 5.54. The van der Waals surface area contributed by atoms with E-state index in [1.807, 2.05) is 0 Å². The molecule has 1 aromatic rings. The van der Waals surface area contributed by atoms with Crippen molar-refractivity contribution in [1.82, 2.24) is 0 Å². The second kappa shape index (κ2) is 8.53. The molecular formula is C14H19ClN2O2. The van der Waals surface area contributed by atoms with Gasteiger partial charge in [-0.2, -0.15) is 0 Å². The van der Waals surface area contributed by atoms with Crippen LogP contribution in [0.15, 0.2) is 29.3 Å². The number of rotatable bonds is 7. The van der Waals surface area contributed by atoms with Crippen molar-refractivity contribution in [2.75, 3.05) is 12.5 Å². The molecule has 0 saturated heterocycles. The maximum Gasteiger partial charge on any atom is 0.338 e. The van der Waals surface area contributed by atoms with E-state index < -0.39 is 0 Å². The molecule has 1 rings (SSSR count). The highest BCUT2D eigenvalue weighted by atomic mass is 35.5. The van der Waals surface area contributed by atoms with Crippen LogP contribution in [-0.2, 0) is 4.74 Å². The molecule has 1 aromatic carbocycles. The van der Waals surface area contributed by atoms with Gasteiger partial charge >= 0.3 is 5.97 Å². The van der Waals surface area contributed by atoms with E-state index in [2.05, 4.69) is 11.9 Å². The van der Waals surface area contributed by atoms with E-state index in [0.717, 1.165) is 19.3 Å². The highest BCUT2D eigenvalue weighted by Crippen LogP contribution is 2.14. The van der Waals surface area contributed by atoms with Gasteiger partial charge in [-0.15, -0.1) is 11.6 Å². The van der Waals surface area contributed by atoms with Crippen molar-refractivity contribution in [1.29, 1.82) is 0 Å². The van der Waals surface area contributed by atoms with Crippen LogP contribution in [0.25, 0.3) is 0 Å². The van der Waals surface area contributed by atoms with Gasteiger partial charge in [-0.3, -0.25) is 0 Å². The number of esters is 1. The predicted molar refractivity (Wildman–Crippen MR) is 78.3 cm³/mol. The highest BCUT2D eigenvalue weighted by molar-refractivity contribution is 6.28. The zero-order valence-electron chi connectivity index (χ0n) is 11.1. The van der Waals surface area contributed by atoms with Gasteiger partial charge in [-0.05, 0) is 30.7 Å². The minimum Gasteiger partial charge on any atom is -0.462 e. The van der Waals surface area contributed by atoms with Gasteiger partial charge < -0.3 is 10.5 Å². The molecule has 0 amide bonds. The van der Waals surface area contributed by atoms with E-state index in [0.29, 0.717) is 23.7 Å². The lowest BCUT2D eigenvalue weighted by Gasteiger charge is -2.04. The number of ether oxygens (including phenoxy) is 1. The van der Waals surface area contributed by atoms with Gasteiger partial charge in [-0.25, -0.2) is 9.79 Å². The van der Waals surface area contributed by atoms with Crippen LogP contribution in [0, 0.1) is 0 Å². The molecule has 4 nitrogen and oxygen atoms in total. The fourth-order valence-corrected chi connectivity index (χ4v) is 1.53. The van der Waals surface area contributed by atoms with Gasteiger partial charge in [0.1, 0.15) is 5.84 Å². The Bertz CT molecular complexity index is 430.